The van der Waals surface area contributed by atoms with Crippen molar-refractivity contribution in [3.05, 3.63) is 48.2 Å². The number of nitrogens with one attached hydrogen (secondary N) is 1. The molecule has 0 atom stereocenters. The molecule has 1 aromatic heterocycles. The average molecular weight is 243 g/mol. The molecule has 2 rings (SSSR count). The van der Waals surface area contributed by atoms with E-state index in [9.17, 15) is 4.79 Å². The van der Waals surface area contributed by atoms with Crippen molar-refractivity contribution < 1.29 is 9.53 Å². The minimum absolute atomic E-state index is 0.282. The summed E-state index contributed by atoms with van der Waals surface area (Å²) in [4.78, 5) is 16.0. The summed E-state index contributed by atoms with van der Waals surface area (Å²) in [6, 6.07) is 10.4. The van der Waals surface area contributed by atoms with E-state index in [4.69, 9.17) is 10.5 Å². The van der Waals surface area contributed by atoms with E-state index in [1.807, 2.05) is 0 Å². The van der Waals surface area contributed by atoms with E-state index in [0.717, 1.165) is 0 Å². The highest BCUT2D eigenvalue weighted by molar-refractivity contribution is 6.07. The van der Waals surface area contributed by atoms with Gasteiger partial charge in [0.05, 0.1) is 18.5 Å². The monoisotopic (exact) mass is 243 g/mol. The Balaban J connectivity index is 2.25. The zero-order chi connectivity index (χ0) is 13.0. The lowest BCUT2D eigenvalue weighted by atomic mass is 10.2. The molecule has 0 fully saturated rings. The van der Waals surface area contributed by atoms with E-state index in [0.29, 0.717) is 16.9 Å². The van der Waals surface area contributed by atoms with Crippen LogP contribution in [0.5, 0.6) is 5.88 Å². The second-order valence-electron chi connectivity index (χ2n) is 3.60. The Morgan fingerprint density at radius 3 is 2.78 bits per heavy atom. The predicted molar refractivity (Wildman–Crippen MR) is 69.6 cm³/mol. The second-order valence-corrected chi connectivity index (χ2v) is 3.60. The number of pyridine rings is 1. The third-order valence-corrected chi connectivity index (χ3v) is 2.42. The van der Waals surface area contributed by atoms with Crippen LogP contribution in [0.2, 0.25) is 0 Å². The van der Waals surface area contributed by atoms with Crippen LogP contribution >= 0.6 is 0 Å². The van der Waals surface area contributed by atoms with Gasteiger partial charge in [-0.25, -0.2) is 4.98 Å². The van der Waals surface area contributed by atoms with Gasteiger partial charge in [-0.2, -0.15) is 0 Å². The third kappa shape index (κ3) is 2.40. The first-order valence-electron chi connectivity index (χ1n) is 5.37. The average Bonchev–Trinajstić information content (AvgIpc) is 2.41. The zero-order valence-electron chi connectivity index (χ0n) is 9.88. The number of rotatable bonds is 3. The molecule has 0 saturated carbocycles. The first-order chi connectivity index (χ1) is 8.72. The molecule has 1 heterocycles. The number of para-hydroxylation sites is 2. The van der Waals surface area contributed by atoms with Gasteiger partial charge in [-0.1, -0.05) is 12.1 Å². The highest BCUT2D eigenvalue weighted by atomic mass is 16.5. The number of nitrogen functional groups attached to an aromatic ring is 1. The Labute approximate surface area is 105 Å². The summed E-state index contributed by atoms with van der Waals surface area (Å²) < 4.78 is 5.03. The molecule has 0 unspecified atom stereocenters. The van der Waals surface area contributed by atoms with Gasteiger partial charge in [-0.15, -0.1) is 0 Å². The first kappa shape index (κ1) is 11.9. The molecule has 0 aliphatic rings. The summed E-state index contributed by atoms with van der Waals surface area (Å²) in [6.45, 7) is 0. The van der Waals surface area contributed by atoms with Crippen molar-refractivity contribution in [3.8, 4) is 5.88 Å². The molecular weight excluding hydrogens is 230 g/mol. The van der Waals surface area contributed by atoms with Crippen LogP contribution in [0.4, 0.5) is 11.4 Å². The molecule has 0 radical (unpaired) electrons. The summed E-state index contributed by atoms with van der Waals surface area (Å²) in [5, 5.41) is 2.72. The molecule has 3 N–H and O–H groups in total. The maximum absolute atomic E-state index is 12.1. The fourth-order valence-corrected chi connectivity index (χ4v) is 1.53. The Hall–Kier alpha value is -2.56. The van der Waals surface area contributed by atoms with Crippen molar-refractivity contribution in [2.24, 2.45) is 0 Å². The molecule has 2 aromatic rings. The number of hydrogen-bond donors (Lipinski definition) is 2. The van der Waals surface area contributed by atoms with Gasteiger partial charge in [0.1, 0.15) is 5.56 Å². The molecule has 5 heteroatoms. The number of ether oxygens (including phenoxy) is 1. The summed E-state index contributed by atoms with van der Waals surface area (Å²) in [5.41, 5.74) is 7.19. The summed E-state index contributed by atoms with van der Waals surface area (Å²) in [5.74, 6) is -0.0256. The van der Waals surface area contributed by atoms with Gasteiger partial charge in [0, 0.05) is 6.20 Å². The predicted octanol–water partition coefficient (Wildman–Crippen LogP) is 1.92. The number of amides is 1. The highest BCUT2D eigenvalue weighted by Gasteiger charge is 2.13. The molecule has 0 aliphatic heterocycles. The second kappa shape index (κ2) is 5.18. The maximum Gasteiger partial charge on any atom is 0.261 e. The van der Waals surface area contributed by atoms with Crippen molar-refractivity contribution in [3.63, 3.8) is 0 Å². The molecule has 0 bridgehead atoms. The van der Waals surface area contributed by atoms with Crippen LogP contribution in [0, 0.1) is 0 Å². The van der Waals surface area contributed by atoms with Crippen LogP contribution in [-0.4, -0.2) is 18.0 Å². The summed E-state index contributed by atoms with van der Waals surface area (Å²) >= 11 is 0. The minimum Gasteiger partial charge on any atom is -0.480 e. The number of carbonyl (C=O) groups is 1. The van der Waals surface area contributed by atoms with Crippen molar-refractivity contribution >= 4 is 17.3 Å². The summed E-state index contributed by atoms with van der Waals surface area (Å²) in [6.07, 6.45) is 1.56. The van der Waals surface area contributed by atoms with Crippen LogP contribution in [0.15, 0.2) is 42.6 Å². The van der Waals surface area contributed by atoms with E-state index in [1.165, 1.54) is 7.11 Å². The zero-order valence-corrected chi connectivity index (χ0v) is 9.88. The van der Waals surface area contributed by atoms with Crippen molar-refractivity contribution in [1.82, 2.24) is 4.98 Å². The van der Waals surface area contributed by atoms with Crippen LogP contribution in [0.1, 0.15) is 10.4 Å². The van der Waals surface area contributed by atoms with Crippen molar-refractivity contribution in [1.29, 1.82) is 0 Å². The van der Waals surface area contributed by atoms with Gasteiger partial charge in [0.15, 0.2) is 0 Å². The lowest BCUT2D eigenvalue weighted by molar-refractivity contribution is 0.102. The standard InChI is InChI=1S/C13H13N3O2/c1-18-13-9(5-4-8-15-13)12(17)16-11-7-3-2-6-10(11)14/h2-8H,14H2,1H3,(H,16,17). The Morgan fingerprint density at radius 2 is 2.06 bits per heavy atom. The van der Waals surface area contributed by atoms with Gasteiger partial charge in [-0.05, 0) is 24.3 Å². The molecule has 92 valence electrons. The molecule has 0 saturated heterocycles. The molecule has 18 heavy (non-hydrogen) atoms. The lowest BCUT2D eigenvalue weighted by Gasteiger charge is -2.09. The van der Waals surface area contributed by atoms with Crippen molar-refractivity contribution in [2.75, 3.05) is 18.2 Å². The van der Waals surface area contributed by atoms with Gasteiger partial charge >= 0.3 is 0 Å². The summed E-state index contributed by atoms with van der Waals surface area (Å²) in [7, 11) is 1.47. The number of carbonyl (C=O) groups excluding carboxylic acids is 1. The molecule has 0 spiro atoms. The van der Waals surface area contributed by atoms with Gasteiger partial charge in [0.25, 0.3) is 5.91 Å². The van der Waals surface area contributed by atoms with Crippen LogP contribution in [-0.2, 0) is 0 Å². The normalized spacial score (nSPS) is 9.83. The topological polar surface area (TPSA) is 77.2 Å². The van der Waals surface area contributed by atoms with E-state index in [1.54, 1.807) is 42.6 Å². The number of hydrogen-bond acceptors (Lipinski definition) is 4. The molecule has 1 aromatic carbocycles. The first-order valence-corrected chi connectivity index (χ1v) is 5.37. The number of nitrogens with zero attached hydrogens (tertiary/aromatic N) is 1. The Morgan fingerprint density at radius 1 is 1.28 bits per heavy atom. The SMILES string of the molecule is COc1ncccc1C(=O)Nc1ccccc1N. The largest absolute Gasteiger partial charge is 0.480 e. The molecular formula is C13H13N3O2. The van der Waals surface area contributed by atoms with E-state index in [2.05, 4.69) is 10.3 Å². The van der Waals surface area contributed by atoms with E-state index >= 15 is 0 Å². The smallest absolute Gasteiger partial charge is 0.261 e. The molecule has 0 aliphatic carbocycles. The van der Waals surface area contributed by atoms with Crippen LogP contribution in [0.3, 0.4) is 0 Å². The van der Waals surface area contributed by atoms with Crippen LogP contribution in [0.25, 0.3) is 0 Å². The molecule has 5 nitrogen and oxygen atoms in total. The van der Waals surface area contributed by atoms with Gasteiger partial charge in [-0.3, -0.25) is 4.79 Å². The number of aromatic nitrogens is 1. The molecule has 1 amide bonds. The highest BCUT2D eigenvalue weighted by Crippen LogP contribution is 2.20. The van der Waals surface area contributed by atoms with Crippen molar-refractivity contribution in [2.45, 2.75) is 0 Å². The van der Waals surface area contributed by atoms with E-state index < -0.39 is 0 Å². The van der Waals surface area contributed by atoms with Gasteiger partial charge in [0.2, 0.25) is 5.88 Å². The quantitative estimate of drug-likeness (QED) is 0.807. The number of benzene rings is 1. The Kier molecular flexibility index (Phi) is 3.43. The fourth-order valence-electron chi connectivity index (χ4n) is 1.53. The number of anilines is 2. The number of methoxy groups -OCH3 is 1. The fraction of sp³-hybridized carbons (Fsp3) is 0.0769. The lowest BCUT2D eigenvalue weighted by Crippen LogP contribution is -2.14. The number of nitrogens with two attached hydrogens (primary N) is 1. The van der Waals surface area contributed by atoms with E-state index in [-0.39, 0.29) is 11.8 Å². The minimum atomic E-state index is -0.308. The third-order valence-electron chi connectivity index (χ3n) is 2.42. The van der Waals surface area contributed by atoms with Gasteiger partial charge < -0.3 is 15.8 Å². The maximum atomic E-state index is 12.1. The van der Waals surface area contributed by atoms with Crippen LogP contribution < -0.4 is 15.8 Å². The Bertz CT molecular complexity index is 570.